The first-order valence-corrected chi connectivity index (χ1v) is 7.02. The van der Waals surface area contributed by atoms with E-state index in [1.54, 1.807) is 42.5 Å². The zero-order valence-corrected chi connectivity index (χ0v) is 11.8. The second kappa shape index (κ2) is 6.85. The Kier molecular flexibility index (Phi) is 4.88. The van der Waals surface area contributed by atoms with E-state index in [9.17, 15) is 4.79 Å². The number of anilines is 1. The van der Waals surface area contributed by atoms with Gasteiger partial charge in [0.05, 0.1) is 17.9 Å². The summed E-state index contributed by atoms with van der Waals surface area (Å²) in [4.78, 5) is 13.1. The van der Waals surface area contributed by atoms with Crippen LogP contribution in [0.4, 0.5) is 5.69 Å². The van der Waals surface area contributed by atoms with Gasteiger partial charge in [0, 0.05) is 4.88 Å². The van der Waals surface area contributed by atoms with Crippen LogP contribution in [-0.2, 0) is 16.1 Å². The van der Waals surface area contributed by atoms with E-state index >= 15 is 0 Å². The van der Waals surface area contributed by atoms with Gasteiger partial charge in [0.1, 0.15) is 12.2 Å². The maximum atomic E-state index is 12.0. The molecule has 1 amide bonds. The lowest BCUT2D eigenvalue weighted by molar-refractivity contribution is -0.127. The summed E-state index contributed by atoms with van der Waals surface area (Å²) >= 11 is 1.59. The molecule has 0 aliphatic rings. The van der Waals surface area contributed by atoms with Gasteiger partial charge in [-0.15, -0.1) is 11.3 Å². The first-order chi connectivity index (χ1) is 9.70. The Morgan fingerprint density at radius 1 is 1.40 bits per heavy atom. The maximum Gasteiger partial charge on any atom is 0.253 e. The molecule has 0 aliphatic carbocycles. The molecule has 0 bridgehead atoms. The number of amides is 1. The van der Waals surface area contributed by atoms with E-state index in [-0.39, 0.29) is 5.91 Å². The molecule has 4 nitrogen and oxygen atoms in total. The van der Waals surface area contributed by atoms with E-state index in [0.29, 0.717) is 17.9 Å². The molecule has 1 unspecified atom stereocenters. The largest absolute Gasteiger partial charge is 0.363 e. The third-order valence-electron chi connectivity index (χ3n) is 2.73. The number of rotatable bonds is 5. The van der Waals surface area contributed by atoms with Crippen LogP contribution >= 0.6 is 11.3 Å². The molecule has 2 rings (SSSR count). The zero-order chi connectivity index (χ0) is 14.4. The number of nitrogens with one attached hydrogen (secondary N) is 1. The topological polar surface area (TPSA) is 62.1 Å². The fraction of sp³-hybridized carbons (Fsp3) is 0.200. The van der Waals surface area contributed by atoms with Crippen molar-refractivity contribution in [3.63, 3.8) is 0 Å². The minimum Gasteiger partial charge on any atom is -0.363 e. The highest BCUT2D eigenvalue weighted by molar-refractivity contribution is 7.09. The van der Waals surface area contributed by atoms with Crippen molar-refractivity contribution in [2.75, 3.05) is 5.32 Å². The molecule has 1 heterocycles. The molecule has 0 aliphatic heterocycles. The third-order valence-corrected chi connectivity index (χ3v) is 3.58. The molecular formula is C15H14N2O2S. The van der Waals surface area contributed by atoms with Gasteiger partial charge in [-0.2, -0.15) is 5.26 Å². The molecule has 20 heavy (non-hydrogen) atoms. The average Bonchev–Trinajstić information content (AvgIpc) is 2.98. The Hall–Kier alpha value is -2.16. The van der Waals surface area contributed by atoms with Gasteiger partial charge in [-0.25, -0.2) is 0 Å². The molecule has 102 valence electrons. The summed E-state index contributed by atoms with van der Waals surface area (Å²) < 4.78 is 5.51. The van der Waals surface area contributed by atoms with Crippen molar-refractivity contribution < 1.29 is 9.53 Å². The fourth-order valence-electron chi connectivity index (χ4n) is 1.60. The highest BCUT2D eigenvalue weighted by atomic mass is 32.1. The number of para-hydroxylation sites is 1. The summed E-state index contributed by atoms with van der Waals surface area (Å²) in [6.07, 6.45) is -0.580. The van der Waals surface area contributed by atoms with Gasteiger partial charge in [-0.1, -0.05) is 18.2 Å². The van der Waals surface area contributed by atoms with Crippen LogP contribution in [0.3, 0.4) is 0 Å². The zero-order valence-electron chi connectivity index (χ0n) is 11.0. The summed E-state index contributed by atoms with van der Waals surface area (Å²) in [5.74, 6) is -0.260. The van der Waals surface area contributed by atoms with Gasteiger partial charge in [-0.05, 0) is 30.5 Å². The highest BCUT2D eigenvalue weighted by Crippen LogP contribution is 2.15. The number of hydrogen-bond acceptors (Lipinski definition) is 4. The molecule has 1 atom stereocenters. The van der Waals surface area contributed by atoms with Crippen LogP contribution in [0.2, 0.25) is 0 Å². The molecule has 0 saturated heterocycles. The first kappa shape index (κ1) is 14.3. The van der Waals surface area contributed by atoms with Crippen LogP contribution in [0, 0.1) is 11.3 Å². The minimum absolute atomic E-state index is 0.260. The molecule has 0 spiro atoms. The standard InChI is InChI=1S/C15H14N2O2S/c1-11(19-10-13-6-4-8-20-13)15(18)17-14-7-3-2-5-12(14)9-16/h2-8,11H,10H2,1H3,(H,17,18). The van der Waals surface area contributed by atoms with Crippen molar-refractivity contribution >= 4 is 22.9 Å². The number of thiophene rings is 1. The second-order valence-corrected chi connectivity index (χ2v) is 5.21. The Bertz CT molecular complexity index is 617. The summed E-state index contributed by atoms with van der Waals surface area (Å²) in [5.41, 5.74) is 0.942. The number of nitriles is 1. The molecule has 1 aromatic carbocycles. The first-order valence-electron chi connectivity index (χ1n) is 6.14. The smallest absolute Gasteiger partial charge is 0.253 e. The lowest BCUT2D eigenvalue weighted by Gasteiger charge is -2.13. The van der Waals surface area contributed by atoms with E-state index in [4.69, 9.17) is 10.00 Å². The van der Waals surface area contributed by atoms with Crippen molar-refractivity contribution in [2.45, 2.75) is 19.6 Å². The summed E-state index contributed by atoms with van der Waals surface area (Å²) in [6.45, 7) is 2.10. The second-order valence-electron chi connectivity index (χ2n) is 4.18. The lowest BCUT2D eigenvalue weighted by Crippen LogP contribution is -2.27. The van der Waals surface area contributed by atoms with Crippen molar-refractivity contribution in [2.24, 2.45) is 0 Å². The van der Waals surface area contributed by atoms with Gasteiger partial charge in [0.2, 0.25) is 0 Å². The van der Waals surface area contributed by atoms with Gasteiger partial charge in [0.25, 0.3) is 5.91 Å². The fourth-order valence-corrected chi connectivity index (χ4v) is 2.23. The van der Waals surface area contributed by atoms with Crippen LogP contribution in [0.1, 0.15) is 17.4 Å². The average molecular weight is 286 g/mol. The minimum atomic E-state index is -0.580. The number of hydrogen-bond donors (Lipinski definition) is 1. The van der Waals surface area contributed by atoms with E-state index < -0.39 is 6.10 Å². The quantitative estimate of drug-likeness (QED) is 0.918. The molecule has 1 N–H and O–H groups in total. The van der Waals surface area contributed by atoms with Gasteiger partial charge in [0.15, 0.2) is 0 Å². The monoisotopic (exact) mass is 286 g/mol. The number of carbonyl (C=O) groups is 1. The molecule has 2 aromatic rings. The van der Waals surface area contributed by atoms with Gasteiger partial charge >= 0.3 is 0 Å². The van der Waals surface area contributed by atoms with E-state index in [0.717, 1.165) is 4.88 Å². The summed E-state index contributed by atoms with van der Waals surface area (Å²) in [6, 6.07) is 12.8. The van der Waals surface area contributed by atoms with Crippen LogP contribution < -0.4 is 5.32 Å². The summed E-state index contributed by atoms with van der Waals surface area (Å²) in [5, 5.41) is 13.6. The number of ether oxygens (including phenoxy) is 1. The van der Waals surface area contributed by atoms with E-state index in [2.05, 4.69) is 5.32 Å². The van der Waals surface area contributed by atoms with Crippen LogP contribution in [0.5, 0.6) is 0 Å². The molecular weight excluding hydrogens is 272 g/mol. The van der Waals surface area contributed by atoms with Crippen molar-refractivity contribution in [1.82, 2.24) is 0 Å². The SMILES string of the molecule is CC(OCc1cccs1)C(=O)Nc1ccccc1C#N. The lowest BCUT2D eigenvalue weighted by atomic mass is 10.2. The van der Waals surface area contributed by atoms with Crippen molar-refractivity contribution in [3.05, 3.63) is 52.2 Å². The van der Waals surface area contributed by atoms with Crippen LogP contribution in [0.25, 0.3) is 0 Å². The Balaban J connectivity index is 1.92. The van der Waals surface area contributed by atoms with Gasteiger partial charge < -0.3 is 10.1 Å². The predicted molar refractivity (Wildman–Crippen MR) is 78.4 cm³/mol. The van der Waals surface area contributed by atoms with Crippen LogP contribution in [-0.4, -0.2) is 12.0 Å². The molecule has 0 saturated carbocycles. The number of nitrogens with zero attached hydrogens (tertiary/aromatic N) is 1. The van der Waals surface area contributed by atoms with E-state index in [1.165, 1.54) is 0 Å². The molecule has 1 aromatic heterocycles. The number of benzene rings is 1. The molecule has 5 heteroatoms. The normalized spacial score (nSPS) is 11.6. The Morgan fingerprint density at radius 3 is 2.90 bits per heavy atom. The number of carbonyl (C=O) groups excluding carboxylic acids is 1. The van der Waals surface area contributed by atoms with E-state index in [1.807, 2.05) is 23.6 Å². The van der Waals surface area contributed by atoms with Crippen molar-refractivity contribution in [3.8, 4) is 6.07 Å². The van der Waals surface area contributed by atoms with Crippen LogP contribution in [0.15, 0.2) is 41.8 Å². The maximum absolute atomic E-state index is 12.0. The third kappa shape index (κ3) is 3.67. The Morgan fingerprint density at radius 2 is 2.20 bits per heavy atom. The van der Waals surface area contributed by atoms with Crippen molar-refractivity contribution in [1.29, 1.82) is 5.26 Å². The predicted octanol–water partition coefficient (Wildman–Crippen LogP) is 3.16. The molecule has 0 fully saturated rings. The summed E-state index contributed by atoms with van der Waals surface area (Å²) in [7, 11) is 0. The molecule has 0 radical (unpaired) electrons. The highest BCUT2D eigenvalue weighted by Gasteiger charge is 2.15. The Labute approximate surface area is 121 Å². The van der Waals surface area contributed by atoms with Gasteiger partial charge in [-0.3, -0.25) is 4.79 Å².